The number of sulfonamides is 1. The van der Waals surface area contributed by atoms with Crippen LogP contribution in [-0.4, -0.2) is 24.2 Å². The van der Waals surface area contributed by atoms with E-state index in [-0.39, 0.29) is 38.8 Å². The summed E-state index contributed by atoms with van der Waals surface area (Å²) in [5, 5.41) is 7.49. The molecule has 0 atom stereocenters. The second-order valence-electron chi connectivity index (χ2n) is 7.17. The second kappa shape index (κ2) is 7.93. The van der Waals surface area contributed by atoms with E-state index in [9.17, 15) is 12.8 Å². The molecule has 0 saturated heterocycles. The van der Waals surface area contributed by atoms with Crippen molar-refractivity contribution in [3.63, 3.8) is 0 Å². The SMILES string of the molecule is CC(C)(C)N(c1cc(F)c(Cl)cc1-c1nnc(CCl)o1)S(=O)(=O)c1ccccc1. The van der Waals surface area contributed by atoms with Crippen LogP contribution in [0.3, 0.4) is 0 Å². The molecule has 154 valence electrons. The Labute approximate surface area is 178 Å². The van der Waals surface area contributed by atoms with Crippen molar-refractivity contribution in [2.24, 2.45) is 0 Å². The molecule has 0 saturated carbocycles. The number of benzene rings is 2. The average Bonchev–Trinajstić information content (AvgIpc) is 3.13. The maximum atomic E-state index is 14.4. The zero-order chi connectivity index (χ0) is 21.4. The van der Waals surface area contributed by atoms with E-state index in [1.807, 2.05) is 0 Å². The summed E-state index contributed by atoms with van der Waals surface area (Å²) >= 11 is 11.7. The fourth-order valence-corrected chi connectivity index (χ4v) is 4.96. The highest BCUT2D eigenvalue weighted by atomic mass is 35.5. The van der Waals surface area contributed by atoms with E-state index in [4.69, 9.17) is 27.6 Å². The second-order valence-corrected chi connectivity index (χ2v) is 9.63. The predicted octanol–water partition coefficient (Wildman–Crippen LogP) is 5.26. The first-order valence-electron chi connectivity index (χ1n) is 8.54. The lowest BCUT2D eigenvalue weighted by molar-refractivity contribution is 0.523. The van der Waals surface area contributed by atoms with E-state index in [0.717, 1.165) is 10.4 Å². The maximum Gasteiger partial charge on any atom is 0.264 e. The van der Waals surface area contributed by atoms with Gasteiger partial charge in [0, 0.05) is 11.6 Å². The molecule has 0 amide bonds. The zero-order valence-corrected chi connectivity index (χ0v) is 18.2. The van der Waals surface area contributed by atoms with Gasteiger partial charge >= 0.3 is 0 Å². The van der Waals surface area contributed by atoms with Crippen molar-refractivity contribution >= 4 is 38.9 Å². The van der Waals surface area contributed by atoms with Gasteiger partial charge in [-0.2, -0.15) is 0 Å². The molecule has 10 heteroatoms. The highest BCUT2D eigenvalue weighted by Gasteiger charge is 2.37. The molecule has 2 aromatic carbocycles. The lowest BCUT2D eigenvalue weighted by atomic mass is 10.1. The van der Waals surface area contributed by atoms with Gasteiger partial charge in [0.25, 0.3) is 10.0 Å². The molecule has 0 aliphatic heterocycles. The molecule has 29 heavy (non-hydrogen) atoms. The summed E-state index contributed by atoms with van der Waals surface area (Å²) in [6.07, 6.45) is 0. The molecular formula is C19H18Cl2FN3O3S. The molecule has 0 spiro atoms. The van der Waals surface area contributed by atoms with Crippen LogP contribution < -0.4 is 4.31 Å². The standard InChI is InChI=1S/C19H18Cl2FN3O3S/c1-19(2,3)25(29(26,27)12-7-5-4-6-8-12)16-10-15(22)14(21)9-13(16)18-24-23-17(11-20)28-18/h4-10H,11H2,1-3H3. The third-order valence-corrected chi connectivity index (χ3v) is 6.57. The quantitative estimate of drug-likeness (QED) is 0.488. The monoisotopic (exact) mass is 457 g/mol. The summed E-state index contributed by atoms with van der Waals surface area (Å²) in [6, 6.07) is 10.2. The van der Waals surface area contributed by atoms with Crippen LogP contribution in [0.1, 0.15) is 26.7 Å². The number of anilines is 1. The molecule has 0 N–H and O–H groups in total. The normalized spacial score (nSPS) is 12.2. The molecular weight excluding hydrogens is 440 g/mol. The molecule has 3 rings (SSSR count). The molecule has 1 aromatic heterocycles. The Morgan fingerprint density at radius 1 is 1.14 bits per heavy atom. The minimum absolute atomic E-state index is 0.0185. The fraction of sp³-hybridized carbons (Fsp3) is 0.263. The Morgan fingerprint density at radius 2 is 1.79 bits per heavy atom. The van der Waals surface area contributed by atoms with Crippen LogP contribution in [0.2, 0.25) is 5.02 Å². The minimum Gasteiger partial charge on any atom is -0.419 e. The van der Waals surface area contributed by atoms with Gasteiger partial charge in [-0.25, -0.2) is 12.8 Å². The molecule has 0 radical (unpaired) electrons. The van der Waals surface area contributed by atoms with E-state index in [2.05, 4.69) is 10.2 Å². The first kappa shape index (κ1) is 21.5. The van der Waals surface area contributed by atoms with Gasteiger partial charge in [-0.1, -0.05) is 29.8 Å². The van der Waals surface area contributed by atoms with E-state index < -0.39 is 21.4 Å². The van der Waals surface area contributed by atoms with Gasteiger partial charge < -0.3 is 4.42 Å². The van der Waals surface area contributed by atoms with Crippen molar-refractivity contribution in [1.82, 2.24) is 10.2 Å². The smallest absolute Gasteiger partial charge is 0.264 e. The molecule has 1 heterocycles. The van der Waals surface area contributed by atoms with Gasteiger partial charge in [-0.05, 0) is 39.0 Å². The van der Waals surface area contributed by atoms with Gasteiger partial charge in [0.05, 0.1) is 21.2 Å². The van der Waals surface area contributed by atoms with Crippen molar-refractivity contribution in [3.05, 3.63) is 59.2 Å². The van der Waals surface area contributed by atoms with E-state index in [1.165, 1.54) is 18.2 Å². The van der Waals surface area contributed by atoms with E-state index in [1.54, 1.807) is 39.0 Å². The zero-order valence-electron chi connectivity index (χ0n) is 15.9. The van der Waals surface area contributed by atoms with Gasteiger partial charge in [-0.3, -0.25) is 4.31 Å². The highest BCUT2D eigenvalue weighted by molar-refractivity contribution is 7.93. The number of aromatic nitrogens is 2. The summed E-state index contributed by atoms with van der Waals surface area (Å²) in [5.74, 6) is -0.681. The van der Waals surface area contributed by atoms with Gasteiger partial charge in [0.2, 0.25) is 11.8 Å². The largest absolute Gasteiger partial charge is 0.419 e. The average molecular weight is 458 g/mol. The Bertz CT molecular complexity index is 1130. The summed E-state index contributed by atoms with van der Waals surface area (Å²) in [7, 11) is -4.06. The summed E-state index contributed by atoms with van der Waals surface area (Å²) < 4.78 is 48.0. The number of nitrogens with zero attached hydrogens (tertiary/aromatic N) is 3. The first-order valence-corrected chi connectivity index (χ1v) is 10.9. The lowest BCUT2D eigenvalue weighted by Gasteiger charge is -2.37. The minimum atomic E-state index is -4.06. The van der Waals surface area contributed by atoms with Crippen molar-refractivity contribution in [1.29, 1.82) is 0 Å². The van der Waals surface area contributed by atoms with Crippen LogP contribution in [0.15, 0.2) is 51.8 Å². The summed E-state index contributed by atoms with van der Waals surface area (Å²) in [6.45, 7) is 5.09. The van der Waals surface area contributed by atoms with Crippen LogP contribution in [0.4, 0.5) is 10.1 Å². The molecule has 0 aliphatic rings. The number of alkyl halides is 1. The van der Waals surface area contributed by atoms with Crippen molar-refractivity contribution < 1.29 is 17.2 Å². The van der Waals surface area contributed by atoms with Crippen LogP contribution >= 0.6 is 23.2 Å². The molecule has 0 aliphatic carbocycles. The Kier molecular flexibility index (Phi) is 5.89. The third kappa shape index (κ3) is 4.24. The van der Waals surface area contributed by atoms with Crippen LogP contribution in [0.5, 0.6) is 0 Å². The summed E-state index contributed by atoms with van der Waals surface area (Å²) in [4.78, 5) is 0.0585. The van der Waals surface area contributed by atoms with Gasteiger partial charge in [-0.15, -0.1) is 21.8 Å². The Morgan fingerprint density at radius 3 is 2.34 bits per heavy atom. The molecule has 0 unspecified atom stereocenters. The van der Waals surface area contributed by atoms with E-state index >= 15 is 0 Å². The van der Waals surface area contributed by atoms with Gasteiger partial charge in [0.1, 0.15) is 11.7 Å². The van der Waals surface area contributed by atoms with Crippen molar-refractivity contribution in [2.75, 3.05) is 4.31 Å². The molecule has 3 aromatic rings. The molecule has 0 bridgehead atoms. The van der Waals surface area contributed by atoms with Crippen molar-refractivity contribution in [3.8, 4) is 11.5 Å². The maximum absolute atomic E-state index is 14.4. The Hall–Kier alpha value is -2.16. The number of hydrogen-bond donors (Lipinski definition) is 0. The predicted molar refractivity (Wildman–Crippen MR) is 110 cm³/mol. The third-order valence-electron chi connectivity index (χ3n) is 3.96. The van der Waals surface area contributed by atoms with E-state index in [0.29, 0.717) is 0 Å². The van der Waals surface area contributed by atoms with Crippen LogP contribution in [0, 0.1) is 5.82 Å². The molecule has 6 nitrogen and oxygen atoms in total. The highest BCUT2D eigenvalue weighted by Crippen LogP contribution is 2.40. The number of hydrogen-bond acceptors (Lipinski definition) is 5. The van der Waals surface area contributed by atoms with Crippen LogP contribution in [0.25, 0.3) is 11.5 Å². The number of halogens is 3. The summed E-state index contributed by atoms with van der Waals surface area (Å²) in [5.41, 5.74) is -0.762. The van der Waals surface area contributed by atoms with Crippen LogP contribution in [-0.2, 0) is 15.9 Å². The fourth-order valence-electron chi connectivity index (χ4n) is 2.84. The topological polar surface area (TPSA) is 76.3 Å². The van der Waals surface area contributed by atoms with Crippen molar-refractivity contribution in [2.45, 2.75) is 37.1 Å². The molecule has 0 fully saturated rings. The lowest BCUT2D eigenvalue weighted by Crippen LogP contribution is -2.46. The Balaban J connectivity index is 2.31. The van der Waals surface area contributed by atoms with Gasteiger partial charge in [0.15, 0.2) is 0 Å². The number of rotatable bonds is 5. The first-order chi connectivity index (χ1) is 13.6.